The first-order chi connectivity index (χ1) is 22.9. The quantitative estimate of drug-likeness (QED) is 0.263. The van der Waals surface area contributed by atoms with E-state index in [1.165, 1.54) is 12.4 Å². The second-order valence-electron chi connectivity index (χ2n) is 12.3. The number of nitrogens with zero attached hydrogens (tertiary/aromatic N) is 8. The van der Waals surface area contributed by atoms with Crippen molar-refractivity contribution < 1.29 is 18.7 Å². The van der Waals surface area contributed by atoms with Crippen molar-refractivity contribution in [2.24, 2.45) is 0 Å². The van der Waals surface area contributed by atoms with E-state index in [0.29, 0.717) is 72.2 Å². The number of nitrogens with one attached hydrogen (secondary N) is 1. The molecular formula is C34H34FN9O3. The minimum absolute atomic E-state index is 0.00723. The predicted molar refractivity (Wildman–Crippen MR) is 175 cm³/mol. The SMILES string of the molecule is Cc1cc(Nc2ncnc3cc4c(nc23)N2CCN(C(=O)/C=C/C3CCCN3C)C(CO4)C2)c(F)cc1Oc1ccn2ccnc2c1. The number of benzene rings is 1. The number of anilines is 3. The van der Waals surface area contributed by atoms with Gasteiger partial charge in [0.2, 0.25) is 5.91 Å². The van der Waals surface area contributed by atoms with E-state index in [1.54, 1.807) is 30.5 Å². The summed E-state index contributed by atoms with van der Waals surface area (Å²) >= 11 is 0. The molecule has 12 nitrogen and oxygen atoms in total. The molecule has 8 rings (SSSR count). The number of carbonyl (C=O) groups is 1. The topological polar surface area (TPSA) is 113 Å². The van der Waals surface area contributed by atoms with Gasteiger partial charge >= 0.3 is 0 Å². The van der Waals surface area contributed by atoms with Gasteiger partial charge in [-0.2, -0.15) is 0 Å². The number of piperazine rings is 1. The Morgan fingerprint density at radius 1 is 1.13 bits per heavy atom. The van der Waals surface area contributed by atoms with E-state index >= 15 is 4.39 Å². The minimum Gasteiger partial charge on any atom is -0.487 e. The molecule has 0 radical (unpaired) electrons. The maximum Gasteiger partial charge on any atom is 0.246 e. The molecule has 5 aromatic rings. The highest BCUT2D eigenvalue weighted by molar-refractivity contribution is 5.91. The molecule has 3 aliphatic heterocycles. The lowest BCUT2D eigenvalue weighted by Gasteiger charge is -2.39. The number of rotatable bonds is 6. The van der Waals surface area contributed by atoms with Crippen LogP contribution in [0.15, 0.2) is 67.4 Å². The summed E-state index contributed by atoms with van der Waals surface area (Å²) in [6.45, 7) is 5.01. The molecule has 240 valence electrons. The highest BCUT2D eigenvalue weighted by Crippen LogP contribution is 2.37. The van der Waals surface area contributed by atoms with Crippen LogP contribution in [0.5, 0.6) is 17.2 Å². The van der Waals surface area contributed by atoms with E-state index in [9.17, 15) is 4.79 Å². The molecule has 0 aliphatic carbocycles. The second-order valence-corrected chi connectivity index (χ2v) is 12.3. The minimum atomic E-state index is -0.505. The van der Waals surface area contributed by atoms with Crippen molar-refractivity contribution in [2.45, 2.75) is 31.8 Å². The first-order valence-electron chi connectivity index (χ1n) is 15.8. The molecule has 3 aliphatic rings. The molecule has 0 saturated carbocycles. The van der Waals surface area contributed by atoms with Gasteiger partial charge in [0.05, 0.1) is 17.2 Å². The fourth-order valence-corrected chi connectivity index (χ4v) is 6.60. The van der Waals surface area contributed by atoms with Crippen molar-refractivity contribution in [3.05, 3.63) is 78.8 Å². The Hall–Kier alpha value is -5.30. The van der Waals surface area contributed by atoms with Crippen LogP contribution in [0.3, 0.4) is 0 Å². The van der Waals surface area contributed by atoms with Gasteiger partial charge in [-0.3, -0.25) is 9.69 Å². The number of hydrogen-bond acceptors (Lipinski definition) is 10. The lowest BCUT2D eigenvalue weighted by Crippen LogP contribution is -2.56. The predicted octanol–water partition coefficient (Wildman–Crippen LogP) is 4.72. The molecule has 47 heavy (non-hydrogen) atoms. The van der Waals surface area contributed by atoms with Gasteiger partial charge < -0.3 is 29.0 Å². The molecule has 2 saturated heterocycles. The number of hydrogen-bond donors (Lipinski definition) is 1. The van der Waals surface area contributed by atoms with Crippen LogP contribution in [-0.4, -0.2) is 92.0 Å². The van der Waals surface area contributed by atoms with Crippen molar-refractivity contribution in [1.82, 2.24) is 34.1 Å². The molecule has 7 heterocycles. The molecule has 13 heteroatoms. The fraction of sp³-hybridized carbons (Fsp3) is 0.324. The summed E-state index contributed by atoms with van der Waals surface area (Å²) in [6, 6.07) is 8.65. The molecule has 0 spiro atoms. The maximum absolute atomic E-state index is 15.5. The van der Waals surface area contributed by atoms with Crippen molar-refractivity contribution >= 4 is 39.9 Å². The smallest absolute Gasteiger partial charge is 0.246 e. The van der Waals surface area contributed by atoms with Gasteiger partial charge in [-0.05, 0) is 51.1 Å². The maximum atomic E-state index is 15.5. The number of imidazole rings is 1. The van der Waals surface area contributed by atoms with Crippen LogP contribution in [0.25, 0.3) is 16.7 Å². The first-order valence-corrected chi connectivity index (χ1v) is 15.8. The lowest BCUT2D eigenvalue weighted by molar-refractivity contribution is -0.129. The lowest BCUT2D eigenvalue weighted by atomic mass is 10.1. The Balaban J connectivity index is 1.02. The van der Waals surface area contributed by atoms with Crippen LogP contribution in [0, 0.1) is 12.7 Å². The van der Waals surface area contributed by atoms with Gasteiger partial charge in [-0.15, -0.1) is 0 Å². The summed E-state index contributed by atoms with van der Waals surface area (Å²) < 4.78 is 29.6. The first kappa shape index (κ1) is 29.1. The molecule has 1 N–H and O–H groups in total. The Morgan fingerprint density at radius 3 is 2.91 bits per heavy atom. The number of aryl methyl sites for hydroxylation is 1. The summed E-state index contributed by atoms with van der Waals surface area (Å²) in [5.74, 6) is 2.07. The number of amides is 1. The number of aromatic nitrogens is 5. The number of fused-ring (bicyclic) bond motifs is 6. The zero-order chi connectivity index (χ0) is 32.1. The molecule has 2 bridgehead atoms. The molecule has 4 aromatic heterocycles. The van der Waals surface area contributed by atoms with E-state index < -0.39 is 5.82 Å². The van der Waals surface area contributed by atoms with Gasteiger partial charge in [-0.25, -0.2) is 24.3 Å². The van der Waals surface area contributed by atoms with Crippen molar-refractivity contribution in [2.75, 3.05) is 50.1 Å². The van der Waals surface area contributed by atoms with E-state index in [-0.39, 0.29) is 17.6 Å². The summed E-state index contributed by atoms with van der Waals surface area (Å²) in [5, 5.41) is 3.13. The van der Waals surface area contributed by atoms with Gasteiger partial charge in [0.15, 0.2) is 17.4 Å². The van der Waals surface area contributed by atoms with Crippen molar-refractivity contribution in [3.8, 4) is 17.2 Å². The van der Waals surface area contributed by atoms with Crippen LogP contribution >= 0.6 is 0 Å². The summed E-state index contributed by atoms with van der Waals surface area (Å²) in [7, 11) is 2.10. The van der Waals surface area contributed by atoms with Crippen LogP contribution in [-0.2, 0) is 4.79 Å². The summed E-state index contributed by atoms with van der Waals surface area (Å²) in [5.41, 5.74) is 2.74. The average Bonchev–Trinajstić information content (AvgIpc) is 3.69. The van der Waals surface area contributed by atoms with E-state index in [1.807, 2.05) is 40.8 Å². The van der Waals surface area contributed by atoms with E-state index in [0.717, 1.165) is 30.6 Å². The fourth-order valence-electron chi connectivity index (χ4n) is 6.60. The number of ether oxygens (including phenoxy) is 2. The van der Waals surface area contributed by atoms with Crippen molar-refractivity contribution in [1.29, 1.82) is 0 Å². The zero-order valence-electron chi connectivity index (χ0n) is 26.1. The van der Waals surface area contributed by atoms with Gasteiger partial charge in [-0.1, -0.05) is 6.08 Å². The second kappa shape index (κ2) is 11.8. The number of likely N-dealkylation sites (N-methyl/N-ethyl adjacent to an activating group) is 1. The number of carbonyl (C=O) groups excluding carboxylic acids is 1. The molecule has 2 atom stereocenters. The highest BCUT2D eigenvalue weighted by Gasteiger charge is 2.35. The third kappa shape index (κ3) is 5.56. The Bertz CT molecular complexity index is 2030. The Morgan fingerprint density at radius 2 is 2.04 bits per heavy atom. The summed E-state index contributed by atoms with van der Waals surface area (Å²) in [4.78, 5) is 37.6. The third-order valence-electron chi connectivity index (χ3n) is 9.21. The Labute approximate surface area is 270 Å². The van der Waals surface area contributed by atoms with E-state index in [4.69, 9.17) is 14.5 Å². The number of likely N-dealkylation sites (tertiary alicyclic amines) is 1. The van der Waals surface area contributed by atoms with Gasteiger partial charge in [0.1, 0.15) is 41.4 Å². The summed E-state index contributed by atoms with van der Waals surface area (Å²) in [6.07, 6.45) is 12.8. The van der Waals surface area contributed by atoms with E-state index in [2.05, 4.69) is 37.1 Å². The molecule has 1 aromatic carbocycles. The molecule has 2 unspecified atom stereocenters. The highest BCUT2D eigenvalue weighted by atomic mass is 19.1. The standard InChI is InChI=1S/C34H34FN9O3/c1-21-14-26(25(35)16-28(21)47-24-7-10-42-11-8-36-30(42)15-24)39-33-32-27(37-20-38-33)17-29-34(40-32)43-12-13-44(23(18-43)19-46-29)31(45)6-5-22-4-3-9-41(22)2/h5-8,10-11,14-17,20,22-23H,3-4,9,12-13,18-19H2,1-2H3,(H,37,38,39)/b6-5+. The van der Waals surface area contributed by atoms with Gasteiger partial charge in [0, 0.05) is 68.5 Å². The molecule has 2 fully saturated rings. The molecular weight excluding hydrogens is 601 g/mol. The molecule has 1 amide bonds. The number of halogens is 1. The van der Waals surface area contributed by atoms with Crippen LogP contribution in [0.1, 0.15) is 18.4 Å². The van der Waals surface area contributed by atoms with Crippen LogP contribution in [0.4, 0.5) is 21.7 Å². The number of pyridine rings is 2. The average molecular weight is 636 g/mol. The zero-order valence-corrected chi connectivity index (χ0v) is 26.1. The normalized spacial score (nSPS) is 19.6. The Kier molecular flexibility index (Phi) is 7.32. The van der Waals surface area contributed by atoms with Gasteiger partial charge in [0.25, 0.3) is 0 Å². The van der Waals surface area contributed by atoms with Crippen LogP contribution in [0.2, 0.25) is 0 Å². The monoisotopic (exact) mass is 635 g/mol. The third-order valence-corrected chi connectivity index (χ3v) is 9.21. The van der Waals surface area contributed by atoms with Crippen molar-refractivity contribution in [3.63, 3.8) is 0 Å². The van der Waals surface area contributed by atoms with Crippen LogP contribution < -0.4 is 19.7 Å². The largest absolute Gasteiger partial charge is 0.487 e.